The zero-order valence-corrected chi connectivity index (χ0v) is 12.1. The van der Waals surface area contributed by atoms with Crippen LogP contribution in [0.15, 0.2) is 52.9 Å². The molecule has 2 heterocycles. The van der Waals surface area contributed by atoms with E-state index in [1.807, 2.05) is 41.3 Å². The monoisotopic (exact) mass is 295 g/mol. The summed E-state index contributed by atoms with van der Waals surface area (Å²) in [5.74, 6) is 0. The molecule has 1 fully saturated rings. The molecule has 0 bridgehead atoms. The van der Waals surface area contributed by atoms with Crippen LogP contribution in [0.5, 0.6) is 0 Å². The molecular weight excluding hydrogens is 278 g/mol. The minimum atomic E-state index is -0.213. The van der Waals surface area contributed by atoms with Crippen molar-refractivity contribution in [1.82, 2.24) is 4.98 Å². The quantitative estimate of drug-likeness (QED) is 0.787. The molecule has 22 heavy (non-hydrogen) atoms. The van der Waals surface area contributed by atoms with E-state index in [0.717, 1.165) is 22.2 Å². The first-order valence-corrected chi connectivity index (χ1v) is 7.37. The van der Waals surface area contributed by atoms with E-state index in [-0.39, 0.29) is 6.17 Å². The third-order valence-electron chi connectivity index (χ3n) is 3.89. The van der Waals surface area contributed by atoms with Crippen molar-refractivity contribution in [3.05, 3.63) is 48.5 Å². The highest BCUT2D eigenvalue weighted by Crippen LogP contribution is 2.28. The Morgan fingerprint density at radius 1 is 1.09 bits per heavy atom. The molecule has 1 aromatic heterocycles. The lowest BCUT2D eigenvalue weighted by Crippen LogP contribution is -2.51. The Balaban J connectivity index is 1.72. The van der Waals surface area contributed by atoms with Crippen molar-refractivity contribution in [2.45, 2.75) is 6.17 Å². The van der Waals surface area contributed by atoms with Crippen LogP contribution in [-0.4, -0.2) is 30.9 Å². The topological polar surface area (TPSA) is 64.5 Å². The van der Waals surface area contributed by atoms with Gasteiger partial charge in [0.15, 0.2) is 5.58 Å². The Morgan fingerprint density at radius 2 is 1.95 bits per heavy atom. The number of anilines is 1. The van der Waals surface area contributed by atoms with Crippen molar-refractivity contribution in [2.75, 3.05) is 24.7 Å². The fourth-order valence-electron chi connectivity index (χ4n) is 2.71. The Labute approximate surface area is 128 Å². The van der Waals surface area contributed by atoms with Crippen molar-refractivity contribution in [3.63, 3.8) is 0 Å². The van der Waals surface area contributed by atoms with Gasteiger partial charge in [-0.05, 0) is 23.3 Å². The number of nitrogens with two attached hydrogens (primary N) is 1. The molecule has 5 nitrogen and oxygen atoms in total. The number of oxazole rings is 1. The van der Waals surface area contributed by atoms with Gasteiger partial charge in [0.1, 0.15) is 11.7 Å². The van der Waals surface area contributed by atoms with Crippen LogP contribution in [0.25, 0.3) is 22.2 Å². The minimum Gasteiger partial charge on any atom is -0.423 e. The van der Waals surface area contributed by atoms with Crippen molar-refractivity contribution in [3.8, 4) is 11.1 Å². The Hall–Kier alpha value is -2.37. The molecule has 2 aromatic carbocycles. The van der Waals surface area contributed by atoms with Gasteiger partial charge in [0.25, 0.3) is 6.01 Å². The molecule has 0 aliphatic carbocycles. The minimum absolute atomic E-state index is 0.213. The van der Waals surface area contributed by atoms with Crippen LogP contribution in [0, 0.1) is 0 Å². The molecule has 3 aromatic rings. The SMILES string of the molecule is NC1COCCN1c1nc2cc(-c3ccccc3)ccc2o1. The maximum absolute atomic E-state index is 6.05. The van der Waals surface area contributed by atoms with E-state index in [9.17, 15) is 0 Å². The molecule has 1 aliphatic rings. The summed E-state index contributed by atoms with van der Waals surface area (Å²) in [5.41, 5.74) is 9.96. The molecule has 4 rings (SSSR count). The van der Waals surface area contributed by atoms with Gasteiger partial charge in [-0.1, -0.05) is 36.4 Å². The molecule has 1 saturated heterocycles. The molecule has 0 amide bonds. The number of ether oxygens (including phenoxy) is 1. The van der Waals surface area contributed by atoms with Crippen LogP contribution in [-0.2, 0) is 4.74 Å². The maximum atomic E-state index is 6.05. The van der Waals surface area contributed by atoms with Crippen LogP contribution in [0.2, 0.25) is 0 Å². The van der Waals surface area contributed by atoms with Crippen LogP contribution in [0.3, 0.4) is 0 Å². The first-order valence-electron chi connectivity index (χ1n) is 7.37. The second-order valence-corrected chi connectivity index (χ2v) is 5.38. The lowest BCUT2D eigenvalue weighted by Gasteiger charge is -2.31. The molecule has 112 valence electrons. The number of aromatic nitrogens is 1. The lowest BCUT2D eigenvalue weighted by molar-refractivity contribution is 0.0931. The molecule has 5 heteroatoms. The summed E-state index contributed by atoms with van der Waals surface area (Å²) in [6, 6.07) is 16.9. The van der Waals surface area contributed by atoms with Crippen molar-refractivity contribution < 1.29 is 9.15 Å². The molecule has 1 unspecified atom stereocenters. The summed E-state index contributed by atoms with van der Waals surface area (Å²) in [4.78, 5) is 6.55. The summed E-state index contributed by atoms with van der Waals surface area (Å²) < 4.78 is 11.2. The highest BCUT2D eigenvalue weighted by atomic mass is 16.5. The van der Waals surface area contributed by atoms with Gasteiger partial charge in [-0.3, -0.25) is 0 Å². The smallest absolute Gasteiger partial charge is 0.299 e. The third-order valence-corrected chi connectivity index (χ3v) is 3.89. The average molecular weight is 295 g/mol. The standard InChI is InChI=1S/C17H17N3O2/c18-16-11-21-9-8-20(16)17-19-14-10-13(6-7-15(14)22-17)12-4-2-1-3-5-12/h1-7,10,16H,8-9,11,18H2. The molecule has 0 radical (unpaired) electrons. The third kappa shape index (κ3) is 2.34. The fraction of sp³-hybridized carbons (Fsp3) is 0.235. The summed E-state index contributed by atoms with van der Waals surface area (Å²) in [6.07, 6.45) is -0.213. The van der Waals surface area contributed by atoms with Gasteiger partial charge < -0.3 is 19.8 Å². The Kier molecular flexibility index (Phi) is 3.29. The zero-order chi connectivity index (χ0) is 14.9. The van der Waals surface area contributed by atoms with Gasteiger partial charge in [0.2, 0.25) is 0 Å². The first-order chi connectivity index (χ1) is 10.8. The molecule has 0 saturated carbocycles. The van der Waals surface area contributed by atoms with E-state index >= 15 is 0 Å². The van der Waals surface area contributed by atoms with Crippen LogP contribution in [0.1, 0.15) is 0 Å². The maximum Gasteiger partial charge on any atom is 0.299 e. The zero-order valence-electron chi connectivity index (χ0n) is 12.1. The van der Waals surface area contributed by atoms with Crippen LogP contribution in [0.4, 0.5) is 6.01 Å². The number of hydrogen-bond acceptors (Lipinski definition) is 5. The molecule has 2 N–H and O–H groups in total. The summed E-state index contributed by atoms with van der Waals surface area (Å²) in [5, 5.41) is 0. The second kappa shape index (κ2) is 5.44. The van der Waals surface area contributed by atoms with Gasteiger partial charge in [0, 0.05) is 6.54 Å². The molecule has 1 atom stereocenters. The Morgan fingerprint density at radius 3 is 2.77 bits per heavy atom. The van der Waals surface area contributed by atoms with E-state index < -0.39 is 0 Å². The van der Waals surface area contributed by atoms with E-state index in [1.165, 1.54) is 0 Å². The van der Waals surface area contributed by atoms with E-state index in [4.69, 9.17) is 14.9 Å². The van der Waals surface area contributed by atoms with Crippen molar-refractivity contribution in [1.29, 1.82) is 0 Å². The predicted molar refractivity (Wildman–Crippen MR) is 85.6 cm³/mol. The number of hydrogen-bond donors (Lipinski definition) is 1. The van der Waals surface area contributed by atoms with E-state index in [0.29, 0.717) is 25.8 Å². The van der Waals surface area contributed by atoms with Gasteiger partial charge in [-0.2, -0.15) is 4.98 Å². The summed E-state index contributed by atoms with van der Waals surface area (Å²) >= 11 is 0. The molecule has 1 aliphatic heterocycles. The second-order valence-electron chi connectivity index (χ2n) is 5.38. The van der Waals surface area contributed by atoms with Gasteiger partial charge >= 0.3 is 0 Å². The van der Waals surface area contributed by atoms with Gasteiger partial charge in [0.05, 0.1) is 13.2 Å². The number of morpholine rings is 1. The number of benzene rings is 2. The normalized spacial score (nSPS) is 18.8. The fourth-order valence-corrected chi connectivity index (χ4v) is 2.71. The van der Waals surface area contributed by atoms with Crippen LogP contribution < -0.4 is 10.6 Å². The van der Waals surface area contributed by atoms with Gasteiger partial charge in [-0.25, -0.2) is 0 Å². The van der Waals surface area contributed by atoms with E-state index in [1.54, 1.807) is 0 Å². The molecule has 0 spiro atoms. The highest BCUT2D eigenvalue weighted by molar-refractivity contribution is 5.81. The predicted octanol–water partition coefficient (Wildman–Crippen LogP) is 2.62. The van der Waals surface area contributed by atoms with Crippen molar-refractivity contribution in [2.24, 2.45) is 5.73 Å². The number of fused-ring (bicyclic) bond motifs is 1. The number of nitrogens with zero attached hydrogens (tertiary/aromatic N) is 2. The lowest BCUT2D eigenvalue weighted by atomic mass is 10.1. The van der Waals surface area contributed by atoms with E-state index in [2.05, 4.69) is 17.1 Å². The average Bonchev–Trinajstić information content (AvgIpc) is 2.99. The molecular formula is C17H17N3O2. The summed E-state index contributed by atoms with van der Waals surface area (Å²) in [7, 11) is 0. The highest BCUT2D eigenvalue weighted by Gasteiger charge is 2.24. The van der Waals surface area contributed by atoms with Crippen molar-refractivity contribution >= 4 is 17.1 Å². The summed E-state index contributed by atoms with van der Waals surface area (Å²) in [6.45, 7) is 1.83. The first kappa shape index (κ1) is 13.3. The van der Waals surface area contributed by atoms with Gasteiger partial charge in [-0.15, -0.1) is 0 Å². The number of rotatable bonds is 2. The van der Waals surface area contributed by atoms with Crippen LogP contribution >= 0.6 is 0 Å². The largest absolute Gasteiger partial charge is 0.423 e. The Bertz CT molecular complexity index is 785.